The van der Waals surface area contributed by atoms with Gasteiger partial charge in [-0.3, -0.25) is 4.57 Å². The minimum atomic E-state index is -0.997. The van der Waals surface area contributed by atoms with Crippen LogP contribution in [0.15, 0.2) is 36.5 Å². The van der Waals surface area contributed by atoms with Crippen molar-refractivity contribution in [2.75, 3.05) is 5.32 Å². The minimum Gasteiger partial charge on any atom is -0.378 e. The normalized spacial score (nSPS) is 14.0. The summed E-state index contributed by atoms with van der Waals surface area (Å²) in [5.74, 6) is 0.917. The molecule has 2 aromatic heterocycles. The van der Waals surface area contributed by atoms with Crippen molar-refractivity contribution in [3.63, 3.8) is 0 Å². The summed E-state index contributed by atoms with van der Waals surface area (Å²) in [6.45, 7) is 6.64. The van der Waals surface area contributed by atoms with E-state index in [0.717, 1.165) is 11.6 Å². The Morgan fingerprint density at radius 3 is 2.52 bits per heavy atom. The Morgan fingerprint density at radius 2 is 1.88 bits per heavy atom. The van der Waals surface area contributed by atoms with Crippen LogP contribution in [0.25, 0.3) is 11.2 Å². The maximum absolute atomic E-state index is 9.60. The summed E-state index contributed by atoms with van der Waals surface area (Å²) in [6, 6.07) is 10.3. The van der Waals surface area contributed by atoms with Gasteiger partial charge >= 0.3 is 0 Å². The molecular weight excluding hydrogens is 316 g/mol. The topological polar surface area (TPSA) is 102 Å². The van der Waals surface area contributed by atoms with Crippen LogP contribution in [-0.2, 0) is 6.54 Å². The lowest BCUT2D eigenvalue weighted by Gasteiger charge is -2.15. The van der Waals surface area contributed by atoms with E-state index in [1.54, 1.807) is 13.1 Å². The van der Waals surface area contributed by atoms with Gasteiger partial charge in [0, 0.05) is 12.6 Å². The number of aliphatic hydroxyl groups is 1. The van der Waals surface area contributed by atoms with Crippen molar-refractivity contribution in [1.29, 1.82) is 0 Å². The molecule has 3 aromatic rings. The first kappa shape index (κ1) is 17.3. The lowest BCUT2D eigenvalue weighted by atomic mass is 10.1. The second-order valence-electron chi connectivity index (χ2n) is 6.45. The molecule has 1 unspecified atom stereocenters. The van der Waals surface area contributed by atoms with E-state index < -0.39 is 6.23 Å². The quantitative estimate of drug-likeness (QED) is 0.596. The SMILES string of the molecule is CC(C)n1c(NCc2ccccc2)nc2cnc([C@H](C)C(N)O)nc21. The van der Waals surface area contributed by atoms with E-state index >= 15 is 0 Å². The van der Waals surface area contributed by atoms with Gasteiger partial charge in [-0.25, -0.2) is 15.0 Å². The Balaban J connectivity index is 1.96. The van der Waals surface area contributed by atoms with Gasteiger partial charge in [-0.05, 0) is 19.4 Å². The van der Waals surface area contributed by atoms with Crippen molar-refractivity contribution in [1.82, 2.24) is 19.5 Å². The maximum Gasteiger partial charge on any atom is 0.205 e. The smallest absolute Gasteiger partial charge is 0.205 e. The van der Waals surface area contributed by atoms with E-state index in [-0.39, 0.29) is 12.0 Å². The summed E-state index contributed by atoms with van der Waals surface area (Å²) in [7, 11) is 0. The summed E-state index contributed by atoms with van der Waals surface area (Å²) in [6.07, 6.45) is 0.687. The van der Waals surface area contributed by atoms with E-state index in [2.05, 4.69) is 46.2 Å². The van der Waals surface area contributed by atoms with Crippen LogP contribution in [0.3, 0.4) is 0 Å². The molecule has 0 saturated carbocycles. The van der Waals surface area contributed by atoms with E-state index in [9.17, 15) is 5.11 Å². The lowest BCUT2D eigenvalue weighted by Crippen LogP contribution is -2.27. The summed E-state index contributed by atoms with van der Waals surface area (Å²) < 4.78 is 2.04. The zero-order valence-corrected chi connectivity index (χ0v) is 14.7. The summed E-state index contributed by atoms with van der Waals surface area (Å²) in [4.78, 5) is 13.5. The lowest BCUT2D eigenvalue weighted by molar-refractivity contribution is 0.153. The second-order valence-corrected chi connectivity index (χ2v) is 6.45. The Morgan fingerprint density at radius 1 is 1.16 bits per heavy atom. The van der Waals surface area contributed by atoms with Gasteiger partial charge in [-0.2, -0.15) is 0 Å². The van der Waals surface area contributed by atoms with Gasteiger partial charge in [0.2, 0.25) is 5.95 Å². The molecule has 7 nitrogen and oxygen atoms in total. The van der Waals surface area contributed by atoms with E-state index in [4.69, 9.17) is 5.73 Å². The van der Waals surface area contributed by atoms with Crippen molar-refractivity contribution < 1.29 is 5.11 Å². The average Bonchev–Trinajstić information content (AvgIpc) is 2.97. The Hall–Kier alpha value is -2.51. The van der Waals surface area contributed by atoms with E-state index in [0.29, 0.717) is 17.9 Å². The largest absolute Gasteiger partial charge is 0.378 e. The van der Waals surface area contributed by atoms with Crippen molar-refractivity contribution in [2.45, 2.75) is 45.5 Å². The monoisotopic (exact) mass is 340 g/mol. The molecule has 3 rings (SSSR count). The van der Waals surface area contributed by atoms with Crippen LogP contribution < -0.4 is 11.1 Å². The number of nitrogens with two attached hydrogens (primary N) is 1. The zero-order valence-electron chi connectivity index (χ0n) is 14.7. The number of anilines is 1. The van der Waals surface area contributed by atoms with Crippen LogP contribution in [0.2, 0.25) is 0 Å². The maximum atomic E-state index is 9.60. The number of benzene rings is 1. The number of fused-ring (bicyclic) bond motifs is 1. The molecule has 7 heteroatoms. The molecular formula is C18H24N6O. The Bertz CT molecular complexity index is 843. The molecule has 0 aliphatic carbocycles. The highest BCUT2D eigenvalue weighted by Crippen LogP contribution is 2.24. The molecule has 2 heterocycles. The molecule has 0 spiro atoms. The fourth-order valence-electron chi connectivity index (χ4n) is 2.67. The molecule has 2 atom stereocenters. The third kappa shape index (κ3) is 3.62. The first-order chi connectivity index (χ1) is 12.0. The highest BCUT2D eigenvalue weighted by molar-refractivity contribution is 5.74. The number of aliphatic hydroxyl groups excluding tert-OH is 1. The molecule has 0 bridgehead atoms. The number of aromatic nitrogens is 4. The molecule has 0 radical (unpaired) electrons. The second kappa shape index (κ2) is 7.16. The van der Waals surface area contributed by atoms with Gasteiger partial charge < -0.3 is 16.2 Å². The van der Waals surface area contributed by atoms with Crippen molar-refractivity contribution in [3.8, 4) is 0 Å². The molecule has 4 N–H and O–H groups in total. The summed E-state index contributed by atoms with van der Waals surface area (Å²) in [5, 5.41) is 13.0. The fourth-order valence-corrected chi connectivity index (χ4v) is 2.67. The van der Waals surface area contributed by atoms with Gasteiger partial charge in [-0.1, -0.05) is 37.3 Å². The van der Waals surface area contributed by atoms with Gasteiger partial charge in [0.05, 0.1) is 12.1 Å². The molecule has 0 aliphatic rings. The first-order valence-corrected chi connectivity index (χ1v) is 8.43. The molecule has 25 heavy (non-hydrogen) atoms. The highest BCUT2D eigenvalue weighted by atomic mass is 16.3. The highest BCUT2D eigenvalue weighted by Gasteiger charge is 2.20. The van der Waals surface area contributed by atoms with Gasteiger partial charge in [-0.15, -0.1) is 0 Å². The Kier molecular flexibility index (Phi) is 4.96. The third-order valence-corrected chi connectivity index (χ3v) is 4.18. The van der Waals surface area contributed by atoms with Gasteiger partial charge in [0.1, 0.15) is 17.6 Å². The van der Waals surface area contributed by atoms with Crippen LogP contribution >= 0.6 is 0 Å². The number of rotatable bonds is 6. The van der Waals surface area contributed by atoms with Crippen molar-refractivity contribution in [2.24, 2.45) is 5.73 Å². The van der Waals surface area contributed by atoms with Gasteiger partial charge in [0.25, 0.3) is 0 Å². The molecule has 132 valence electrons. The molecule has 0 saturated heterocycles. The van der Waals surface area contributed by atoms with Crippen LogP contribution in [0.1, 0.15) is 44.1 Å². The standard InChI is InChI=1S/C18H24N6O/c1-11(2)24-17-14(10-20-16(23-17)12(3)15(19)25)22-18(24)21-9-13-7-5-4-6-8-13/h4-8,10-12,15,25H,9,19H2,1-3H3,(H,21,22)/t12-,15?/m1/s1. The third-order valence-electron chi connectivity index (χ3n) is 4.18. The number of nitrogens with one attached hydrogen (secondary N) is 1. The minimum absolute atomic E-state index is 0.170. The molecule has 0 amide bonds. The van der Waals surface area contributed by atoms with E-state index in [1.165, 1.54) is 5.56 Å². The van der Waals surface area contributed by atoms with Gasteiger partial charge in [0.15, 0.2) is 5.65 Å². The molecule has 0 aliphatic heterocycles. The van der Waals surface area contributed by atoms with Crippen LogP contribution in [0.5, 0.6) is 0 Å². The summed E-state index contributed by atoms with van der Waals surface area (Å²) in [5.41, 5.74) is 8.20. The number of hydrogen-bond acceptors (Lipinski definition) is 6. The summed E-state index contributed by atoms with van der Waals surface area (Å²) >= 11 is 0. The Labute approximate surface area is 146 Å². The molecule has 0 fully saturated rings. The molecule has 1 aromatic carbocycles. The average molecular weight is 340 g/mol. The van der Waals surface area contributed by atoms with Crippen molar-refractivity contribution >= 4 is 17.1 Å². The zero-order chi connectivity index (χ0) is 18.0. The van der Waals surface area contributed by atoms with Crippen LogP contribution in [0.4, 0.5) is 5.95 Å². The van der Waals surface area contributed by atoms with E-state index in [1.807, 2.05) is 22.8 Å². The predicted octanol–water partition coefficient (Wildman–Crippen LogP) is 2.40. The van der Waals surface area contributed by atoms with Crippen LogP contribution in [-0.4, -0.2) is 30.9 Å². The first-order valence-electron chi connectivity index (χ1n) is 8.43. The number of hydrogen-bond donors (Lipinski definition) is 3. The number of imidazole rings is 1. The number of nitrogens with zero attached hydrogens (tertiary/aromatic N) is 4. The van der Waals surface area contributed by atoms with Crippen molar-refractivity contribution in [3.05, 3.63) is 47.9 Å². The predicted molar refractivity (Wildman–Crippen MR) is 98.1 cm³/mol. The van der Waals surface area contributed by atoms with Crippen LogP contribution in [0, 0.1) is 0 Å². The fraction of sp³-hybridized carbons (Fsp3) is 0.389.